The van der Waals surface area contributed by atoms with Crippen LogP contribution in [0.3, 0.4) is 0 Å². The van der Waals surface area contributed by atoms with Crippen LogP contribution in [-0.2, 0) is 6.54 Å². The average molecular weight is 340 g/mol. The van der Waals surface area contributed by atoms with E-state index < -0.39 is 0 Å². The number of halogens is 1. The first kappa shape index (κ1) is 16.6. The van der Waals surface area contributed by atoms with Gasteiger partial charge in [-0.05, 0) is 55.8 Å². The van der Waals surface area contributed by atoms with Gasteiger partial charge in [0.1, 0.15) is 17.7 Å². The maximum Gasteiger partial charge on any atom is 0.128 e. The predicted molar refractivity (Wildman–Crippen MR) is 97.1 cm³/mol. The zero-order valence-corrected chi connectivity index (χ0v) is 14.5. The molecule has 0 radical (unpaired) electrons. The summed E-state index contributed by atoms with van der Waals surface area (Å²) >= 11 is 0. The fraction of sp³-hybridized carbons (Fsp3) is 0.429. The molecule has 4 heteroatoms. The van der Waals surface area contributed by atoms with Gasteiger partial charge in [0.15, 0.2) is 0 Å². The molecule has 2 aliphatic heterocycles. The Bertz CT molecular complexity index is 670. The largest absolute Gasteiger partial charge is 0.487 e. The molecular formula is C21H25FN2O. The fourth-order valence-corrected chi connectivity index (χ4v) is 3.85. The van der Waals surface area contributed by atoms with E-state index in [-0.39, 0.29) is 11.9 Å². The molecule has 132 valence electrons. The lowest BCUT2D eigenvalue weighted by Gasteiger charge is -2.49. The third-order valence-corrected chi connectivity index (χ3v) is 5.29. The molecule has 2 aliphatic rings. The molecule has 0 bridgehead atoms. The van der Waals surface area contributed by atoms with Gasteiger partial charge in [0.2, 0.25) is 0 Å². The normalized spacial score (nSPS) is 24.2. The summed E-state index contributed by atoms with van der Waals surface area (Å²) in [6.07, 6.45) is 2.78. The molecule has 0 N–H and O–H groups in total. The summed E-state index contributed by atoms with van der Waals surface area (Å²) in [6.45, 7) is 5.32. The van der Waals surface area contributed by atoms with E-state index in [0.29, 0.717) is 6.04 Å². The Hall–Kier alpha value is -1.91. The lowest BCUT2D eigenvalue weighted by atomic mass is 9.97. The summed E-state index contributed by atoms with van der Waals surface area (Å²) in [4.78, 5) is 5.05. The Labute approximate surface area is 149 Å². The van der Waals surface area contributed by atoms with Crippen molar-refractivity contribution in [3.05, 3.63) is 66.0 Å². The lowest BCUT2D eigenvalue weighted by molar-refractivity contribution is -0.0622. The maximum atomic E-state index is 13.1. The van der Waals surface area contributed by atoms with Crippen molar-refractivity contribution < 1.29 is 9.13 Å². The topological polar surface area (TPSA) is 15.7 Å². The SMILES string of the molecule is Fc1ccc(O[C@@H]2CN(Cc3ccccc3)[C@@H]2CN2CCCC2)cc1. The molecule has 25 heavy (non-hydrogen) atoms. The van der Waals surface area contributed by atoms with Crippen molar-refractivity contribution in [2.24, 2.45) is 0 Å². The van der Waals surface area contributed by atoms with E-state index in [4.69, 9.17) is 4.74 Å². The van der Waals surface area contributed by atoms with Gasteiger partial charge in [-0.3, -0.25) is 4.90 Å². The summed E-state index contributed by atoms with van der Waals surface area (Å²) in [5, 5.41) is 0. The number of hydrogen-bond donors (Lipinski definition) is 0. The third-order valence-electron chi connectivity index (χ3n) is 5.29. The van der Waals surface area contributed by atoms with Gasteiger partial charge < -0.3 is 9.64 Å². The highest BCUT2D eigenvalue weighted by Crippen LogP contribution is 2.28. The second kappa shape index (κ2) is 7.54. The van der Waals surface area contributed by atoms with E-state index in [1.165, 1.54) is 43.6 Å². The average Bonchev–Trinajstić information content (AvgIpc) is 3.15. The summed E-state index contributed by atoms with van der Waals surface area (Å²) < 4.78 is 19.3. The summed E-state index contributed by atoms with van der Waals surface area (Å²) in [5.41, 5.74) is 1.34. The van der Waals surface area contributed by atoms with Gasteiger partial charge >= 0.3 is 0 Å². The summed E-state index contributed by atoms with van der Waals surface area (Å²) in [5.74, 6) is 0.539. The van der Waals surface area contributed by atoms with Gasteiger partial charge in [0.25, 0.3) is 0 Å². The van der Waals surface area contributed by atoms with Gasteiger partial charge in [0.05, 0.1) is 6.04 Å². The van der Waals surface area contributed by atoms with Crippen molar-refractivity contribution >= 4 is 0 Å². The Morgan fingerprint density at radius 3 is 2.40 bits per heavy atom. The number of rotatable bonds is 6. The van der Waals surface area contributed by atoms with Crippen LogP contribution < -0.4 is 4.74 Å². The van der Waals surface area contributed by atoms with Crippen LogP contribution in [0.15, 0.2) is 54.6 Å². The van der Waals surface area contributed by atoms with Gasteiger partial charge in [-0.2, -0.15) is 0 Å². The van der Waals surface area contributed by atoms with Crippen molar-refractivity contribution in [2.45, 2.75) is 31.5 Å². The second-order valence-electron chi connectivity index (χ2n) is 7.10. The highest BCUT2D eigenvalue weighted by atomic mass is 19.1. The van der Waals surface area contributed by atoms with E-state index in [1.54, 1.807) is 12.1 Å². The maximum absolute atomic E-state index is 13.1. The quantitative estimate of drug-likeness (QED) is 0.800. The first-order chi connectivity index (χ1) is 12.3. The van der Waals surface area contributed by atoms with E-state index >= 15 is 0 Å². The van der Waals surface area contributed by atoms with E-state index in [2.05, 4.69) is 40.1 Å². The molecule has 2 aromatic carbocycles. The van der Waals surface area contributed by atoms with Crippen molar-refractivity contribution in [3.8, 4) is 5.75 Å². The van der Waals surface area contributed by atoms with Gasteiger partial charge in [-0.25, -0.2) is 4.39 Å². The van der Waals surface area contributed by atoms with E-state index in [1.807, 2.05) is 0 Å². The minimum atomic E-state index is -0.222. The Kier molecular flexibility index (Phi) is 4.99. The van der Waals surface area contributed by atoms with Crippen molar-refractivity contribution in [1.29, 1.82) is 0 Å². The summed E-state index contributed by atoms with van der Waals surface area (Å²) in [6, 6.07) is 17.4. The number of benzene rings is 2. The Morgan fingerprint density at radius 2 is 1.68 bits per heavy atom. The molecule has 0 saturated carbocycles. The number of ether oxygens (including phenoxy) is 1. The predicted octanol–water partition coefficient (Wildman–Crippen LogP) is 3.55. The van der Waals surface area contributed by atoms with E-state index in [0.717, 1.165) is 25.4 Å². The Balaban J connectivity index is 1.42. The zero-order chi connectivity index (χ0) is 17.1. The Morgan fingerprint density at radius 1 is 0.960 bits per heavy atom. The molecule has 2 heterocycles. The van der Waals surface area contributed by atoms with Crippen LogP contribution in [0.1, 0.15) is 18.4 Å². The van der Waals surface area contributed by atoms with Gasteiger partial charge in [-0.1, -0.05) is 30.3 Å². The molecule has 0 amide bonds. The fourth-order valence-electron chi connectivity index (χ4n) is 3.85. The van der Waals surface area contributed by atoms with Gasteiger partial charge in [0, 0.05) is 19.6 Å². The molecule has 3 nitrogen and oxygen atoms in total. The molecule has 4 rings (SSSR count). The lowest BCUT2D eigenvalue weighted by Crippen LogP contribution is -2.65. The minimum absolute atomic E-state index is 0.176. The van der Waals surface area contributed by atoms with Crippen molar-refractivity contribution in [2.75, 3.05) is 26.2 Å². The van der Waals surface area contributed by atoms with E-state index in [9.17, 15) is 4.39 Å². The van der Waals surface area contributed by atoms with Crippen LogP contribution in [0.5, 0.6) is 5.75 Å². The van der Waals surface area contributed by atoms with Crippen LogP contribution in [0.2, 0.25) is 0 Å². The number of hydrogen-bond acceptors (Lipinski definition) is 3. The number of likely N-dealkylation sites (tertiary alicyclic amines) is 2. The van der Waals surface area contributed by atoms with Crippen molar-refractivity contribution in [3.63, 3.8) is 0 Å². The van der Waals surface area contributed by atoms with Crippen LogP contribution >= 0.6 is 0 Å². The first-order valence-corrected chi connectivity index (χ1v) is 9.20. The molecule has 0 spiro atoms. The summed E-state index contributed by atoms with van der Waals surface area (Å²) in [7, 11) is 0. The van der Waals surface area contributed by atoms with Crippen LogP contribution in [0.4, 0.5) is 4.39 Å². The smallest absolute Gasteiger partial charge is 0.128 e. The van der Waals surface area contributed by atoms with Crippen LogP contribution in [0.25, 0.3) is 0 Å². The minimum Gasteiger partial charge on any atom is -0.487 e. The van der Waals surface area contributed by atoms with Crippen molar-refractivity contribution in [1.82, 2.24) is 9.80 Å². The monoisotopic (exact) mass is 340 g/mol. The molecule has 0 aromatic heterocycles. The molecule has 0 aliphatic carbocycles. The van der Waals surface area contributed by atoms with Gasteiger partial charge in [-0.15, -0.1) is 0 Å². The molecule has 0 unspecified atom stereocenters. The first-order valence-electron chi connectivity index (χ1n) is 9.20. The molecule has 2 saturated heterocycles. The highest BCUT2D eigenvalue weighted by molar-refractivity contribution is 5.23. The molecule has 2 aromatic rings. The molecule has 2 atom stereocenters. The molecule has 2 fully saturated rings. The third kappa shape index (κ3) is 4.02. The standard InChI is InChI=1S/C21H25FN2O/c22-18-8-10-19(11-9-18)25-21-16-24(14-17-6-2-1-3-7-17)20(21)15-23-12-4-5-13-23/h1-3,6-11,20-21H,4-5,12-16H2/t20-,21-/m1/s1. The molecular weight excluding hydrogens is 315 g/mol. The number of nitrogens with zero attached hydrogens (tertiary/aromatic N) is 2. The second-order valence-corrected chi connectivity index (χ2v) is 7.10. The highest BCUT2D eigenvalue weighted by Gasteiger charge is 2.41. The zero-order valence-electron chi connectivity index (χ0n) is 14.5. The van der Waals surface area contributed by atoms with Crippen LogP contribution in [0, 0.1) is 5.82 Å². The van der Waals surface area contributed by atoms with Crippen LogP contribution in [-0.4, -0.2) is 48.1 Å².